The summed E-state index contributed by atoms with van der Waals surface area (Å²) in [5.74, 6) is -2.26. The van der Waals surface area contributed by atoms with Gasteiger partial charge < -0.3 is 20.8 Å². The van der Waals surface area contributed by atoms with Crippen molar-refractivity contribution in [3.63, 3.8) is 0 Å². The molecule has 0 atom stereocenters. The molecule has 4 N–H and O–H groups in total. The Hall–Kier alpha value is -8.91. The third kappa shape index (κ3) is 7.16. The zero-order chi connectivity index (χ0) is 42.2. The van der Waals surface area contributed by atoms with E-state index in [1.807, 2.05) is 12.1 Å². The number of nitro groups is 1. The number of amides is 2. The van der Waals surface area contributed by atoms with Gasteiger partial charge in [0.15, 0.2) is 17.3 Å². The summed E-state index contributed by atoms with van der Waals surface area (Å²) in [6, 6.07) is 41.5. The minimum absolute atomic E-state index is 0.0188. The summed E-state index contributed by atoms with van der Waals surface area (Å²) in [6.45, 7) is 0. The second-order valence-corrected chi connectivity index (χ2v) is 14.0. The SMILES string of the molecule is O=C1c2cc(N=Nc3c(O)c(C(=O)Nc4ccccc4)cc4ccccc34)ccc2-c2ccc(N=Nc3c(O)c(C(=O)Nc4ccc([N+](=O)[O-])cc4)cc4ccccc34)cc21. The number of azo groups is 2. The van der Waals surface area contributed by atoms with Crippen LogP contribution in [0.5, 0.6) is 11.5 Å². The number of benzene rings is 8. The van der Waals surface area contributed by atoms with Gasteiger partial charge in [0, 0.05) is 45.4 Å². The van der Waals surface area contributed by atoms with Gasteiger partial charge in [-0.2, -0.15) is 10.2 Å². The number of nitrogens with one attached hydrogen (secondary N) is 2. The van der Waals surface area contributed by atoms with Gasteiger partial charge in [-0.25, -0.2) is 0 Å². The highest BCUT2D eigenvalue weighted by molar-refractivity contribution is 6.22. The third-order valence-electron chi connectivity index (χ3n) is 10.2. The zero-order valence-corrected chi connectivity index (χ0v) is 31.6. The number of non-ortho nitro benzene ring substituents is 1. The topological polar surface area (TPSA) is 208 Å². The zero-order valence-electron chi connectivity index (χ0n) is 31.6. The molecule has 0 unspecified atom stereocenters. The molecule has 0 heterocycles. The fourth-order valence-corrected chi connectivity index (χ4v) is 7.16. The maximum atomic E-state index is 13.8. The van der Waals surface area contributed by atoms with Crippen LogP contribution in [0.1, 0.15) is 36.6 Å². The first-order valence-corrected chi connectivity index (χ1v) is 18.7. The molecule has 294 valence electrons. The van der Waals surface area contributed by atoms with Crippen molar-refractivity contribution in [2.75, 3.05) is 10.6 Å². The normalized spacial score (nSPS) is 11.9. The highest BCUT2D eigenvalue weighted by Gasteiger charge is 2.28. The maximum Gasteiger partial charge on any atom is 0.269 e. The predicted octanol–water partition coefficient (Wildman–Crippen LogP) is 11.9. The number of rotatable bonds is 9. The molecule has 1 aliphatic rings. The van der Waals surface area contributed by atoms with Gasteiger partial charge in [0.1, 0.15) is 11.4 Å². The van der Waals surface area contributed by atoms with Crippen LogP contribution in [0.25, 0.3) is 32.7 Å². The van der Waals surface area contributed by atoms with Crippen molar-refractivity contribution in [1.29, 1.82) is 0 Å². The van der Waals surface area contributed by atoms with Crippen LogP contribution in [0.15, 0.2) is 172 Å². The Morgan fingerprint density at radius 3 is 1.43 bits per heavy atom. The molecule has 0 saturated heterocycles. The first-order valence-electron chi connectivity index (χ1n) is 18.7. The van der Waals surface area contributed by atoms with E-state index in [2.05, 4.69) is 31.1 Å². The van der Waals surface area contributed by atoms with E-state index in [0.717, 1.165) is 0 Å². The maximum absolute atomic E-state index is 13.8. The molecule has 2 amide bonds. The number of anilines is 2. The van der Waals surface area contributed by atoms with Crippen molar-refractivity contribution in [3.8, 4) is 22.6 Å². The number of phenolic OH excluding ortho intramolecular Hbond substituents is 2. The lowest BCUT2D eigenvalue weighted by Gasteiger charge is -2.11. The summed E-state index contributed by atoms with van der Waals surface area (Å²) in [4.78, 5) is 51.0. The minimum atomic E-state index is -0.668. The van der Waals surface area contributed by atoms with E-state index in [1.165, 1.54) is 30.3 Å². The van der Waals surface area contributed by atoms with Gasteiger partial charge in [-0.1, -0.05) is 78.9 Å². The molecule has 14 nitrogen and oxygen atoms in total. The number of fused-ring (bicyclic) bond motifs is 5. The number of aromatic hydroxyl groups is 2. The van der Waals surface area contributed by atoms with E-state index in [1.54, 1.807) is 109 Å². The molecule has 61 heavy (non-hydrogen) atoms. The Kier molecular flexibility index (Phi) is 9.54. The predicted molar refractivity (Wildman–Crippen MR) is 230 cm³/mol. The number of nitro benzene ring substituents is 1. The van der Waals surface area contributed by atoms with Gasteiger partial charge in [-0.15, -0.1) is 10.2 Å². The van der Waals surface area contributed by atoms with Crippen LogP contribution < -0.4 is 10.6 Å². The fraction of sp³-hybridized carbons (Fsp3) is 0. The molecular weight excluding hydrogens is 775 g/mol. The van der Waals surface area contributed by atoms with E-state index in [4.69, 9.17) is 0 Å². The number of hydrogen-bond acceptors (Lipinski definition) is 11. The number of para-hydroxylation sites is 1. The molecule has 9 rings (SSSR count). The first-order chi connectivity index (χ1) is 29.6. The average Bonchev–Trinajstić information content (AvgIpc) is 3.55. The summed E-state index contributed by atoms with van der Waals surface area (Å²) in [5.41, 5.74) is 3.48. The number of phenols is 2. The van der Waals surface area contributed by atoms with Crippen molar-refractivity contribution < 1.29 is 29.5 Å². The van der Waals surface area contributed by atoms with E-state index in [0.29, 0.717) is 60.9 Å². The van der Waals surface area contributed by atoms with Gasteiger partial charge in [-0.05, 0) is 82.6 Å². The quantitative estimate of drug-likeness (QED) is 0.0629. The average molecular weight is 804 g/mol. The van der Waals surface area contributed by atoms with Crippen molar-refractivity contribution in [2.24, 2.45) is 20.5 Å². The molecule has 0 spiro atoms. The van der Waals surface area contributed by atoms with Crippen molar-refractivity contribution >= 4 is 79.0 Å². The minimum Gasteiger partial charge on any atom is -0.505 e. The summed E-state index contributed by atoms with van der Waals surface area (Å²) < 4.78 is 0. The lowest BCUT2D eigenvalue weighted by atomic mass is 10.0. The molecule has 14 heteroatoms. The van der Waals surface area contributed by atoms with E-state index >= 15 is 0 Å². The summed E-state index contributed by atoms with van der Waals surface area (Å²) in [7, 11) is 0. The van der Waals surface area contributed by atoms with Crippen molar-refractivity contribution in [2.45, 2.75) is 0 Å². The summed E-state index contributed by atoms with van der Waals surface area (Å²) in [5, 5.41) is 59.0. The standard InChI is InChI=1S/C47H29N7O7/c55-43-37-24-30(50-52-41-33-12-6-4-8-26(33)22-39(44(41)56)46(58)48-28-10-2-1-3-11-28)16-20-35(37)36-21-17-31(25-38(36)43)51-53-42-34-13-7-5-9-27(34)23-40(45(42)57)47(59)49-29-14-18-32(19-15-29)54(60)61/h1-25,56-57H,(H,48,58)(H,49,59). The van der Waals surface area contributed by atoms with Gasteiger partial charge in [-0.3, -0.25) is 24.5 Å². The highest BCUT2D eigenvalue weighted by atomic mass is 16.6. The van der Waals surface area contributed by atoms with Gasteiger partial charge in [0.25, 0.3) is 17.5 Å². The number of carbonyl (C=O) groups excluding carboxylic acids is 3. The van der Waals surface area contributed by atoms with Crippen LogP contribution in [-0.2, 0) is 0 Å². The second-order valence-electron chi connectivity index (χ2n) is 14.0. The molecule has 0 saturated carbocycles. The Morgan fingerprint density at radius 2 is 0.951 bits per heavy atom. The van der Waals surface area contributed by atoms with Crippen molar-refractivity contribution in [3.05, 3.63) is 184 Å². The number of ketones is 1. The molecule has 0 radical (unpaired) electrons. The molecule has 0 bridgehead atoms. The van der Waals surface area contributed by atoms with Crippen LogP contribution in [0.2, 0.25) is 0 Å². The summed E-state index contributed by atoms with van der Waals surface area (Å²) >= 11 is 0. The molecule has 8 aromatic carbocycles. The Labute approximate surface area is 345 Å². The van der Waals surface area contributed by atoms with Gasteiger partial charge in [0.05, 0.1) is 27.4 Å². The van der Waals surface area contributed by atoms with Crippen LogP contribution >= 0.6 is 0 Å². The number of nitrogens with zero attached hydrogens (tertiary/aromatic N) is 5. The lowest BCUT2D eigenvalue weighted by molar-refractivity contribution is -0.384. The Morgan fingerprint density at radius 1 is 0.508 bits per heavy atom. The van der Waals surface area contributed by atoms with E-state index < -0.39 is 22.5 Å². The van der Waals surface area contributed by atoms with Gasteiger partial charge in [0.2, 0.25) is 0 Å². The van der Waals surface area contributed by atoms with E-state index in [9.17, 15) is 34.7 Å². The van der Waals surface area contributed by atoms with Crippen LogP contribution in [-0.4, -0.2) is 32.7 Å². The fourth-order valence-electron chi connectivity index (χ4n) is 7.16. The van der Waals surface area contributed by atoms with Crippen molar-refractivity contribution in [1.82, 2.24) is 0 Å². The second kappa shape index (κ2) is 15.4. The number of carbonyl (C=O) groups is 3. The Bertz CT molecular complexity index is 3200. The van der Waals surface area contributed by atoms with Crippen LogP contribution in [0.4, 0.5) is 39.8 Å². The first kappa shape index (κ1) is 37.7. The molecule has 0 aliphatic heterocycles. The van der Waals surface area contributed by atoms with Crippen LogP contribution in [0, 0.1) is 10.1 Å². The van der Waals surface area contributed by atoms with E-state index in [-0.39, 0.29) is 45.4 Å². The van der Waals surface area contributed by atoms with Crippen LogP contribution in [0.3, 0.4) is 0 Å². The van der Waals surface area contributed by atoms with Gasteiger partial charge >= 0.3 is 0 Å². The summed E-state index contributed by atoms with van der Waals surface area (Å²) in [6.07, 6.45) is 0. The molecule has 8 aromatic rings. The monoisotopic (exact) mass is 803 g/mol. The lowest BCUT2D eigenvalue weighted by Crippen LogP contribution is -2.12. The highest BCUT2D eigenvalue weighted by Crippen LogP contribution is 2.44. The third-order valence-corrected chi connectivity index (χ3v) is 10.2. The smallest absolute Gasteiger partial charge is 0.269 e. The molecular formula is C47H29N7O7. The largest absolute Gasteiger partial charge is 0.505 e. The molecule has 0 fully saturated rings. The molecule has 0 aromatic heterocycles. The Balaban J connectivity index is 0.983. The number of hydrogen-bond donors (Lipinski definition) is 4. The molecule has 1 aliphatic carbocycles.